The molecular weight excluding hydrogens is 516 g/mol. The lowest BCUT2D eigenvalue weighted by atomic mass is 9.96. The first kappa shape index (κ1) is 31.0. The largest absolute Gasteiger partial charge is 0.463 e. The van der Waals surface area contributed by atoms with Crippen LogP contribution in [0.3, 0.4) is 0 Å². The first-order valence-electron chi connectivity index (χ1n) is 13.7. The fourth-order valence-electron chi connectivity index (χ4n) is 4.52. The number of aliphatic hydroxyl groups excluding tert-OH is 1. The molecule has 0 aliphatic carbocycles. The van der Waals surface area contributed by atoms with Crippen molar-refractivity contribution in [2.45, 2.75) is 31.3 Å². The summed E-state index contributed by atoms with van der Waals surface area (Å²) in [5.74, 6) is -2.99. The van der Waals surface area contributed by atoms with Gasteiger partial charge in [0, 0.05) is 0 Å². The van der Waals surface area contributed by atoms with Gasteiger partial charge >= 0.3 is 5.97 Å². The average molecular weight is 555 g/mol. The molecule has 0 heterocycles. The molecule has 4 atom stereocenters. The van der Waals surface area contributed by atoms with Crippen LogP contribution in [0.5, 0.6) is 0 Å². The van der Waals surface area contributed by atoms with E-state index < -0.39 is 41.7 Å². The molecule has 0 spiro atoms. The van der Waals surface area contributed by atoms with Crippen molar-refractivity contribution in [3.05, 3.63) is 133 Å². The van der Waals surface area contributed by atoms with Crippen molar-refractivity contribution in [3.8, 4) is 0 Å². The van der Waals surface area contributed by atoms with E-state index in [4.69, 9.17) is 4.74 Å². The highest BCUT2D eigenvalue weighted by Gasteiger charge is 2.30. The Morgan fingerprint density at radius 2 is 1.22 bits per heavy atom. The second-order valence-electron chi connectivity index (χ2n) is 9.74. The van der Waals surface area contributed by atoms with Crippen molar-refractivity contribution in [2.75, 3.05) is 13.2 Å². The molecular formula is C34H38N2O5. The average Bonchev–Trinajstić information content (AvgIpc) is 3.01. The Morgan fingerprint density at radius 3 is 1.73 bits per heavy atom. The molecule has 41 heavy (non-hydrogen) atoms. The normalized spacial score (nSPS) is 13.6. The van der Waals surface area contributed by atoms with Crippen molar-refractivity contribution in [1.29, 1.82) is 0 Å². The maximum absolute atomic E-state index is 13.5. The minimum atomic E-state index is -1.10. The number of benzene rings is 3. The summed E-state index contributed by atoms with van der Waals surface area (Å²) >= 11 is 0. The molecule has 0 radical (unpaired) electrons. The predicted molar refractivity (Wildman–Crippen MR) is 159 cm³/mol. The fourth-order valence-corrected chi connectivity index (χ4v) is 4.52. The van der Waals surface area contributed by atoms with Gasteiger partial charge in [-0.25, -0.2) is 0 Å². The number of nitrogens with one attached hydrogen (secondary N) is 2. The molecule has 0 bridgehead atoms. The van der Waals surface area contributed by atoms with Gasteiger partial charge in [0.2, 0.25) is 11.8 Å². The molecule has 1 unspecified atom stereocenters. The van der Waals surface area contributed by atoms with Gasteiger partial charge in [-0.3, -0.25) is 14.4 Å². The highest BCUT2D eigenvalue weighted by atomic mass is 16.5. The van der Waals surface area contributed by atoms with Crippen LogP contribution in [0.2, 0.25) is 0 Å². The van der Waals surface area contributed by atoms with Crippen LogP contribution in [0.15, 0.2) is 116 Å². The third-order valence-electron chi connectivity index (χ3n) is 6.76. The highest BCUT2D eigenvalue weighted by Crippen LogP contribution is 2.20. The number of esters is 1. The molecule has 0 aliphatic heterocycles. The van der Waals surface area contributed by atoms with Crippen LogP contribution >= 0.6 is 0 Å². The van der Waals surface area contributed by atoms with E-state index >= 15 is 0 Å². The minimum absolute atomic E-state index is 0.0877. The summed E-state index contributed by atoms with van der Waals surface area (Å²) in [5, 5.41) is 15.6. The monoisotopic (exact) mass is 554 g/mol. The standard InChI is InChI=1S/C34H38N2O5/c1-3-14-28(22-25-16-8-5-9-17-25)34(40)41-24-31(27-20-12-7-13-21-27)36-33(39)29(15-4-2)32(38)35-30(23-37)26-18-10-6-11-19-26/h3-13,16-21,28-31,37H,1-2,14-15,22-24H2,(H,35,38)(H,36,39)/t28-,29?,30+,31-/m1/s1. The number of carbonyl (C=O) groups is 3. The third kappa shape index (κ3) is 9.58. The van der Waals surface area contributed by atoms with Crippen molar-refractivity contribution in [2.24, 2.45) is 11.8 Å². The van der Waals surface area contributed by atoms with Crippen LogP contribution in [-0.4, -0.2) is 36.1 Å². The smallest absolute Gasteiger partial charge is 0.309 e. The number of allylic oxidation sites excluding steroid dienone is 2. The molecule has 7 heteroatoms. The molecule has 214 valence electrons. The summed E-state index contributed by atoms with van der Waals surface area (Å²) in [7, 11) is 0. The molecule has 0 saturated heterocycles. The maximum Gasteiger partial charge on any atom is 0.309 e. The van der Waals surface area contributed by atoms with E-state index in [-0.39, 0.29) is 19.6 Å². The Labute approximate surface area is 241 Å². The van der Waals surface area contributed by atoms with Gasteiger partial charge in [0.25, 0.3) is 0 Å². The van der Waals surface area contributed by atoms with Gasteiger partial charge in [0.05, 0.1) is 24.6 Å². The molecule has 0 aromatic heterocycles. The van der Waals surface area contributed by atoms with Gasteiger partial charge in [-0.2, -0.15) is 0 Å². The molecule has 3 aromatic rings. The molecule has 3 rings (SSSR count). The molecule has 7 nitrogen and oxygen atoms in total. The zero-order valence-corrected chi connectivity index (χ0v) is 23.2. The Balaban J connectivity index is 1.73. The van der Waals surface area contributed by atoms with Crippen molar-refractivity contribution >= 4 is 17.8 Å². The summed E-state index contributed by atoms with van der Waals surface area (Å²) in [6.45, 7) is 7.05. The Morgan fingerprint density at radius 1 is 0.732 bits per heavy atom. The number of rotatable bonds is 16. The summed E-state index contributed by atoms with van der Waals surface area (Å²) in [6.07, 6.45) is 4.23. The first-order chi connectivity index (χ1) is 20.0. The number of aliphatic hydroxyl groups is 1. The number of carbonyl (C=O) groups excluding carboxylic acids is 3. The molecule has 0 saturated carbocycles. The summed E-state index contributed by atoms with van der Waals surface area (Å²) in [6, 6.07) is 26.5. The van der Waals surface area contributed by atoms with Crippen LogP contribution in [0.1, 0.15) is 41.6 Å². The zero-order chi connectivity index (χ0) is 29.5. The molecule has 0 fully saturated rings. The second kappa shape index (κ2) is 16.6. The molecule has 0 aliphatic rings. The Hall–Kier alpha value is -4.49. The van der Waals surface area contributed by atoms with E-state index in [2.05, 4.69) is 23.8 Å². The lowest BCUT2D eigenvalue weighted by molar-refractivity contribution is -0.150. The van der Waals surface area contributed by atoms with Gasteiger partial charge in [0.1, 0.15) is 12.5 Å². The molecule has 2 amide bonds. The van der Waals surface area contributed by atoms with Gasteiger partial charge < -0.3 is 20.5 Å². The van der Waals surface area contributed by atoms with E-state index in [1.807, 2.05) is 78.9 Å². The Kier molecular flexibility index (Phi) is 12.6. The summed E-state index contributed by atoms with van der Waals surface area (Å²) in [4.78, 5) is 39.8. The lowest BCUT2D eigenvalue weighted by Gasteiger charge is -2.25. The highest BCUT2D eigenvalue weighted by molar-refractivity contribution is 6.00. The van der Waals surface area contributed by atoms with Crippen molar-refractivity contribution in [1.82, 2.24) is 10.6 Å². The number of ether oxygens (including phenoxy) is 1. The summed E-state index contributed by atoms with van der Waals surface area (Å²) < 4.78 is 5.73. The number of amides is 2. The molecule has 3 N–H and O–H groups in total. The van der Waals surface area contributed by atoms with Gasteiger partial charge in [-0.15, -0.1) is 13.2 Å². The maximum atomic E-state index is 13.5. The van der Waals surface area contributed by atoms with Gasteiger partial charge in [-0.05, 0) is 36.0 Å². The van der Waals surface area contributed by atoms with E-state index in [0.717, 1.165) is 16.7 Å². The van der Waals surface area contributed by atoms with Crippen LogP contribution in [-0.2, 0) is 25.5 Å². The van der Waals surface area contributed by atoms with E-state index in [1.165, 1.54) is 6.08 Å². The first-order valence-corrected chi connectivity index (χ1v) is 13.7. The van der Waals surface area contributed by atoms with Crippen molar-refractivity contribution < 1.29 is 24.2 Å². The fraction of sp³-hybridized carbons (Fsp3) is 0.265. The molecule has 3 aromatic carbocycles. The van der Waals surface area contributed by atoms with Gasteiger partial charge in [0.15, 0.2) is 0 Å². The van der Waals surface area contributed by atoms with Crippen molar-refractivity contribution in [3.63, 3.8) is 0 Å². The van der Waals surface area contributed by atoms with E-state index in [1.54, 1.807) is 18.2 Å². The number of hydrogen-bond donors (Lipinski definition) is 3. The topological polar surface area (TPSA) is 105 Å². The minimum Gasteiger partial charge on any atom is -0.463 e. The van der Waals surface area contributed by atoms with Crippen LogP contribution in [0.25, 0.3) is 0 Å². The lowest BCUT2D eigenvalue weighted by Crippen LogP contribution is -2.45. The summed E-state index contributed by atoms with van der Waals surface area (Å²) in [5.41, 5.74) is 2.46. The quantitative estimate of drug-likeness (QED) is 0.133. The van der Waals surface area contributed by atoms with Crippen LogP contribution in [0.4, 0.5) is 0 Å². The van der Waals surface area contributed by atoms with E-state index in [0.29, 0.717) is 12.8 Å². The van der Waals surface area contributed by atoms with Crippen LogP contribution in [0, 0.1) is 11.8 Å². The Bertz CT molecular complexity index is 1260. The second-order valence-corrected chi connectivity index (χ2v) is 9.74. The SMILES string of the molecule is C=CCC(C(=O)N[C@@H](CO)c1ccccc1)C(=O)N[C@H](COC(=O)[C@H](CC=C)Cc1ccccc1)c1ccccc1. The predicted octanol–water partition coefficient (Wildman–Crippen LogP) is 4.86. The zero-order valence-electron chi connectivity index (χ0n) is 23.2. The van der Waals surface area contributed by atoms with Gasteiger partial charge in [-0.1, -0.05) is 103 Å². The van der Waals surface area contributed by atoms with Crippen LogP contribution < -0.4 is 10.6 Å². The third-order valence-corrected chi connectivity index (χ3v) is 6.76. The van der Waals surface area contributed by atoms with E-state index in [9.17, 15) is 19.5 Å². The number of hydrogen-bond acceptors (Lipinski definition) is 5.